The first-order valence-electron chi connectivity index (χ1n) is 10.1. The van der Waals surface area contributed by atoms with Gasteiger partial charge in [0.2, 0.25) is 15.9 Å². The summed E-state index contributed by atoms with van der Waals surface area (Å²) in [6.45, 7) is 0. The number of carbonyl (C=O) groups excluding carboxylic acids is 1. The first-order valence-corrected chi connectivity index (χ1v) is 12.4. The Bertz CT molecular complexity index is 884. The van der Waals surface area contributed by atoms with Crippen molar-refractivity contribution in [2.45, 2.75) is 66.6 Å². The Labute approximate surface area is 174 Å². The number of carbonyl (C=O) groups is 1. The summed E-state index contributed by atoms with van der Waals surface area (Å²) >= 11 is 3.94. The van der Waals surface area contributed by atoms with Gasteiger partial charge in [0, 0.05) is 10.4 Å². The zero-order valence-corrected chi connectivity index (χ0v) is 18.1. The molecule has 1 aromatic carbocycles. The van der Waals surface area contributed by atoms with E-state index in [1.165, 1.54) is 19.3 Å². The Kier molecular flexibility index (Phi) is 4.34. The number of hydrogen-bond donors (Lipinski definition) is 3. The Balaban J connectivity index is 1.23. The van der Waals surface area contributed by atoms with Gasteiger partial charge in [-0.15, -0.1) is 0 Å². The molecule has 5 fully saturated rings. The third-order valence-corrected chi connectivity index (χ3v) is 9.32. The average Bonchev–Trinajstić information content (AvgIpc) is 3.41. The molecule has 2 atom stereocenters. The number of halogens is 1. The van der Waals surface area contributed by atoms with Crippen LogP contribution in [-0.2, 0) is 14.8 Å². The smallest absolute Gasteiger partial charge is 0.244 e. The fraction of sp³-hybridized carbons (Fsp3) is 0.650. The van der Waals surface area contributed by atoms with Crippen LogP contribution >= 0.6 is 15.9 Å². The molecule has 0 spiro atoms. The average molecular weight is 468 g/mol. The molecule has 5 aliphatic carbocycles. The van der Waals surface area contributed by atoms with E-state index in [-0.39, 0.29) is 26.6 Å². The third-order valence-electron chi connectivity index (χ3n) is 6.86. The van der Waals surface area contributed by atoms with Crippen molar-refractivity contribution in [3.8, 4) is 0 Å². The van der Waals surface area contributed by atoms with E-state index in [2.05, 4.69) is 31.5 Å². The molecule has 1 amide bonds. The molecule has 28 heavy (non-hydrogen) atoms. The van der Waals surface area contributed by atoms with Crippen molar-refractivity contribution in [3.63, 3.8) is 0 Å². The normalized spacial score (nSPS) is 36.3. The van der Waals surface area contributed by atoms with Crippen LogP contribution in [0.25, 0.3) is 0 Å². The fourth-order valence-corrected chi connectivity index (χ4v) is 8.64. The van der Waals surface area contributed by atoms with Crippen molar-refractivity contribution in [1.29, 1.82) is 0 Å². The molecular weight excluding hydrogens is 442 g/mol. The molecule has 4 bridgehead atoms. The minimum Gasteiger partial charge on any atom is -0.299 e. The Hall–Kier alpha value is -1.12. The summed E-state index contributed by atoms with van der Waals surface area (Å²) in [5, 5.41) is 0. The molecule has 152 valence electrons. The number of anilines is 1. The van der Waals surface area contributed by atoms with E-state index in [4.69, 9.17) is 0 Å². The van der Waals surface area contributed by atoms with Gasteiger partial charge in [0.1, 0.15) is 0 Å². The van der Waals surface area contributed by atoms with Gasteiger partial charge < -0.3 is 0 Å². The van der Waals surface area contributed by atoms with Crippen LogP contribution in [0, 0.1) is 17.3 Å². The lowest BCUT2D eigenvalue weighted by molar-refractivity contribution is -0.143. The van der Waals surface area contributed by atoms with Crippen LogP contribution in [0.4, 0.5) is 5.69 Å². The maximum absolute atomic E-state index is 13.1. The highest BCUT2D eigenvalue weighted by molar-refractivity contribution is 9.10. The molecule has 0 aliphatic heterocycles. The molecule has 5 saturated carbocycles. The summed E-state index contributed by atoms with van der Waals surface area (Å²) in [4.78, 5) is 13.3. The van der Waals surface area contributed by atoms with E-state index in [1.54, 1.807) is 24.3 Å². The second-order valence-corrected chi connectivity index (χ2v) is 12.8. The number of amides is 1. The molecule has 0 aromatic heterocycles. The third kappa shape index (κ3) is 3.48. The lowest BCUT2D eigenvalue weighted by Crippen LogP contribution is -2.58. The zero-order chi connectivity index (χ0) is 19.6. The molecular formula is C20H26BrN3O3S. The van der Waals surface area contributed by atoms with Gasteiger partial charge in [-0.2, -0.15) is 0 Å². The molecule has 6 rings (SSSR count). The van der Waals surface area contributed by atoms with Gasteiger partial charge in [-0.25, -0.2) is 13.1 Å². The first-order chi connectivity index (χ1) is 13.3. The van der Waals surface area contributed by atoms with Crippen LogP contribution in [0.1, 0.15) is 51.4 Å². The van der Waals surface area contributed by atoms with Crippen molar-refractivity contribution in [1.82, 2.24) is 10.1 Å². The highest BCUT2D eigenvalue weighted by Gasteiger charge is 2.59. The standard InChI is InChI=1S/C20H26BrN3O3S/c21-20-10-13-7-14(11-20)9-19(8-13,12-20)18(25)23-22-15-3-5-17(6-4-15)28(26,27)24-16-1-2-16/h3-6,13-14,16,22,24H,1-2,7-12H2,(H,23,25). The topological polar surface area (TPSA) is 87.3 Å². The number of rotatable bonds is 6. The SMILES string of the molecule is O=C(NNc1ccc(S(=O)(=O)NC2CC2)cc1)C12CC3CC(CC(Br)(C3)C1)C2. The number of hydrogen-bond acceptors (Lipinski definition) is 4. The van der Waals surface area contributed by atoms with Gasteiger partial charge in [0.15, 0.2) is 0 Å². The maximum Gasteiger partial charge on any atom is 0.244 e. The van der Waals surface area contributed by atoms with Crippen LogP contribution in [0.3, 0.4) is 0 Å². The summed E-state index contributed by atoms with van der Waals surface area (Å²) in [6.07, 6.45) is 8.33. The van der Waals surface area contributed by atoms with Gasteiger partial charge in [0.05, 0.1) is 16.0 Å². The van der Waals surface area contributed by atoms with Gasteiger partial charge >= 0.3 is 0 Å². The van der Waals surface area contributed by atoms with E-state index in [1.807, 2.05) is 0 Å². The molecule has 2 unspecified atom stereocenters. The van der Waals surface area contributed by atoms with Crippen molar-refractivity contribution in [2.24, 2.45) is 17.3 Å². The quantitative estimate of drug-likeness (QED) is 0.442. The van der Waals surface area contributed by atoms with Crippen molar-refractivity contribution in [2.75, 3.05) is 5.43 Å². The van der Waals surface area contributed by atoms with Crippen LogP contribution in [0.5, 0.6) is 0 Å². The van der Waals surface area contributed by atoms with Gasteiger partial charge in [-0.05, 0) is 87.5 Å². The van der Waals surface area contributed by atoms with Gasteiger partial charge in [0.25, 0.3) is 0 Å². The van der Waals surface area contributed by atoms with Crippen molar-refractivity contribution in [3.05, 3.63) is 24.3 Å². The molecule has 0 radical (unpaired) electrons. The van der Waals surface area contributed by atoms with Gasteiger partial charge in [-0.1, -0.05) is 15.9 Å². The predicted molar refractivity (Wildman–Crippen MR) is 110 cm³/mol. The first kappa shape index (κ1) is 18.9. The molecule has 5 aliphatic rings. The number of sulfonamides is 1. The Morgan fingerprint density at radius 3 is 2.25 bits per heavy atom. The Morgan fingerprint density at radius 2 is 1.68 bits per heavy atom. The second kappa shape index (κ2) is 6.44. The lowest BCUT2D eigenvalue weighted by atomic mass is 9.49. The lowest BCUT2D eigenvalue weighted by Gasteiger charge is -2.59. The molecule has 1 aromatic rings. The molecule has 8 heteroatoms. The largest absolute Gasteiger partial charge is 0.299 e. The Morgan fingerprint density at radius 1 is 1.04 bits per heavy atom. The molecule has 6 nitrogen and oxygen atoms in total. The van der Waals surface area contributed by atoms with E-state index < -0.39 is 10.0 Å². The second-order valence-electron chi connectivity index (χ2n) is 9.39. The van der Waals surface area contributed by atoms with Crippen LogP contribution in [-0.4, -0.2) is 24.7 Å². The van der Waals surface area contributed by atoms with Crippen LogP contribution in [0.15, 0.2) is 29.2 Å². The maximum atomic E-state index is 13.1. The van der Waals surface area contributed by atoms with E-state index in [0.29, 0.717) is 17.5 Å². The minimum atomic E-state index is -3.45. The van der Waals surface area contributed by atoms with Crippen molar-refractivity contribution >= 4 is 37.5 Å². The highest BCUT2D eigenvalue weighted by Crippen LogP contribution is 2.64. The predicted octanol–water partition coefficient (Wildman–Crippen LogP) is 3.30. The number of hydrazine groups is 1. The number of nitrogens with one attached hydrogen (secondary N) is 3. The monoisotopic (exact) mass is 467 g/mol. The van der Waals surface area contributed by atoms with Crippen molar-refractivity contribution < 1.29 is 13.2 Å². The summed E-state index contributed by atoms with van der Waals surface area (Å²) in [5.41, 5.74) is 6.28. The summed E-state index contributed by atoms with van der Waals surface area (Å²) < 4.78 is 27.3. The summed E-state index contributed by atoms with van der Waals surface area (Å²) in [5.74, 6) is 1.36. The summed E-state index contributed by atoms with van der Waals surface area (Å²) in [7, 11) is -3.45. The highest BCUT2D eigenvalue weighted by atomic mass is 79.9. The number of alkyl halides is 1. The zero-order valence-electron chi connectivity index (χ0n) is 15.7. The van der Waals surface area contributed by atoms with Gasteiger partial charge in [-0.3, -0.25) is 15.6 Å². The van der Waals surface area contributed by atoms with Crippen LogP contribution < -0.4 is 15.6 Å². The van der Waals surface area contributed by atoms with E-state index >= 15 is 0 Å². The minimum absolute atomic E-state index is 0.0672. The number of benzene rings is 1. The summed E-state index contributed by atoms with van der Waals surface area (Å²) in [6, 6.07) is 6.59. The fourth-order valence-electron chi connectivity index (χ4n) is 5.88. The van der Waals surface area contributed by atoms with E-state index in [9.17, 15) is 13.2 Å². The molecule has 0 saturated heterocycles. The van der Waals surface area contributed by atoms with Crippen LogP contribution in [0.2, 0.25) is 0 Å². The molecule has 0 heterocycles. The molecule has 3 N–H and O–H groups in total. The van der Waals surface area contributed by atoms with E-state index in [0.717, 1.165) is 32.1 Å².